The predicted octanol–water partition coefficient (Wildman–Crippen LogP) is 1.06. The van der Waals surface area contributed by atoms with E-state index in [9.17, 15) is 0 Å². The molecule has 0 aromatic carbocycles. The topological polar surface area (TPSA) is 124 Å². The molecule has 0 spiro atoms. The van der Waals surface area contributed by atoms with Crippen molar-refractivity contribution in [3.05, 3.63) is 17.5 Å². The van der Waals surface area contributed by atoms with Crippen LogP contribution in [0.2, 0.25) is 0 Å². The number of nitrogens with zero attached hydrogens (tertiary/aromatic N) is 8. The van der Waals surface area contributed by atoms with Crippen LogP contribution in [0.25, 0.3) is 11.6 Å². The van der Waals surface area contributed by atoms with Crippen molar-refractivity contribution in [2.75, 3.05) is 0 Å². The van der Waals surface area contributed by atoms with E-state index in [2.05, 4.69) is 40.7 Å². The Labute approximate surface area is 131 Å². The first-order chi connectivity index (χ1) is 11.0. The number of aromatic nitrogens is 9. The van der Waals surface area contributed by atoms with Gasteiger partial charge in [0, 0.05) is 5.92 Å². The maximum Gasteiger partial charge on any atom is 0.242 e. The van der Waals surface area contributed by atoms with E-state index in [0.717, 1.165) is 18.7 Å². The summed E-state index contributed by atoms with van der Waals surface area (Å²) in [4.78, 5) is 10.3. The maximum absolute atomic E-state index is 5.23. The lowest BCUT2D eigenvalue weighted by molar-refractivity contribution is 0.305. The lowest BCUT2D eigenvalue weighted by atomic mass is 10.1. The van der Waals surface area contributed by atoms with E-state index in [0.29, 0.717) is 35.7 Å². The minimum atomic E-state index is -0.219. The molecule has 0 atom stereocenters. The van der Waals surface area contributed by atoms with Crippen LogP contribution < -0.4 is 0 Å². The Hall–Kier alpha value is -2.65. The van der Waals surface area contributed by atoms with E-state index < -0.39 is 0 Å². The van der Waals surface area contributed by atoms with Crippen molar-refractivity contribution in [1.82, 2.24) is 45.5 Å². The fourth-order valence-electron chi connectivity index (χ4n) is 2.06. The molecular formula is C13H17N9O. The van der Waals surface area contributed by atoms with Crippen LogP contribution in [-0.2, 0) is 12.0 Å². The van der Waals surface area contributed by atoms with E-state index in [1.165, 1.54) is 0 Å². The van der Waals surface area contributed by atoms with Gasteiger partial charge in [0.05, 0.1) is 12.0 Å². The highest BCUT2D eigenvalue weighted by Gasteiger charge is 2.28. The van der Waals surface area contributed by atoms with E-state index in [-0.39, 0.29) is 5.54 Å². The average Bonchev–Trinajstić information content (AvgIpc) is 2.95. The fraction of sp³-hybridized carbons (Fsp3) is 0.615. The summed E-state index contributed by atoms with van der Waals surface area (Å²) in [7, 11) is 0. The highest BCUT2D eigenvalue weighted by atomic mass is 16.5. The number of aromatic amines is 1. The third kappa shape index (κ3) is 2.83. The van der Waals surface area contributed by atoms with Gasteiger partial charge in [-0.05, 0) is 38.8 Å². The number of hydrogen-bond donors (Lipinski definition) is 1. The molecule has 23 heavy (non-hydrogen) atoms. The van der Waals surface area contributed by atoms with Crippen molar-refractivity contribution in [1.29, 1.82) is 0 Å². The molecule has 0 radical (unpaired) electrons. The Morgan fingerprint density at radius 3 is 2.74 bits per heavy atom. The second-order valence-corrected chi connectivity index (χ2v) is 6.67. The monoisotopic (exact) mass is 315 g/mol. The van der Waals surface area contributed by atoms with Gasteiger partial charge in [0.15, 0.2) is 5.82 Å². The van der Waals surface area contributed by atoms with Crippen LogP contribution >= 0.6 is 0 Å². The Balaban J connectivity index is 1.50. The summed E-state index contributed by atoms with van der Waals surface area (Å²) < 4.78 is 5.23. The van der Waals surface area contributed by atoms with E-state index in [1.807, 2.05) is 20.8 Å². The molecule has 10 nitrogen and oxygen atoms in total. The van der Waals surface area contributed by atoms with Crippen LogP contribution in [0.15, 0.2) is 4.52 Å². The third-order valence-electron chi connectivity index (χ3n) is 3.50. The van der Waals surface area contributed by atoms with Crippen molar-refractivity contribution >= 4 is 0 Å². The van der Waals surface area contributed by atoms with Crippen molar-refractivity contribution in [3.63, 3.8) is 0 Å². The molecule has 0 unspecified atom stereocenters. The minimum absolute atomic E-state index is 0.219. The van der Waals surface area contributed by atoms with E-state index >= 15 is 0 Å². The van der Waals surface area contributed by atoms with Gasteiger partial charge in [0.1, 0.15) is 5.82 Å². The SMILES string of the molecule is CC(C)(C)n1nnc(Cc2nc(-c3n[nH]c(C4CC4)n3)no2)n1. The van der Waals surface area contributed by atoms with Crippen LogP contribution in [0.4, 0.5) is 0 Å². The van der Waals surface area contributed by atoms with Crippen LogP contribution in [0.5, 0.6) is 0 Å². The zero-order valence-electron chi connectivity index (χ0n) is 13.2. The van der Waals surface area contributed by atoms with Gasteiger partial charge in [-0.15, -0.1) is 15.3 Å². The molecule has 10 heteroatoms. The third-order valence-corrected chi connectivity index (χ3v) is 3.50. The molecule has 120 valence electrons. The van der Waals surface area contributed by atoms with Gasteiger partial charge >= 0.3 is 0 Å². The summed E-state index contributed by atoms with van der Waals surface area (Å²) in [6.07, 6.45) is 2.63. The first-order valence-electron chi connectivity index (χ1n) is 7.54. The summed E-state index contributed by atoms with van der Waals surface area (Å²) in [6, 6.07) is 0. The smallest absolute Gasteiger partial charge is 0.242 e. The molecule has 1 saturated carbocycles. The van der Waals surface area contributed by atoms with Gasteiger partial charge in [-0.2, -0.15) is 9.78 Å². The Bertz CT molecular complexity index is 820. The second-order valence-electron chi connectivity index (χ2n) is 6.67. The van der Waals surface area contributed by atoms with Crippen LogP contribution in [-0.4, -0.2) is 45.5 Å². The predicted molar refractivity (Wildman–Crippen MR) is 77.3 cm³/mol. The molecule has 3 aromatic heterocycles. The summed E-state index contributed by atoms with van der Waals surface area (Å²) in [5, 5.41) is 23.3. The Morgan fingerprint density at radius 2 is 2.04 bits per heavy atom. The Morgan fingerprint density at radius 1 is 1.22 bits per heavy atom. The standard InChI is InChI=1S/C13H17N9O/c1-13(2,3)22-19-8(16-21-22)6-9-14-12(20-23-9)11-15-10(17-18-11)7-4-5-7/h7H,4-6H2,1-3H3,(H,15,17,18). The zero-order valence-corrected chi connectivity index (χ0v) is 13.2. The number of H-pyrrole nitrogens is 1. The average molecular weight is 315 g/mol. The fourth-order valence-corrected chi connectivity index (χ4v) is 2.06. The molecule has 3 aromatic rings. The summed E-state index contributed by atoms with van der Waals surface area (Å²) in [5.41, 5.74) is -0.219. The van der Waals surface area contributed by atoms with Gasteiger partial charge in [0.25, 0.3) is 0 Å². The molecule has 0 bridgehead atoms. The largest absolute Gasteiger partial charge is 0.338 e. The van der Waals surface area contributed by atoms with Crippen molar-refractivity contribution in [3.8, 4) is 11.6 Å². The maximum atomic E-state index is 5.23. The first-order valence-corrected chi connectivity index (χ1v) is 7.54. The van der Waals surface area contributed by atoms with Gasteiger partial charge in [-0.1, -0.05) is 5.16 Å². The number of tetrazole rings is 1. The van der Waals surface area contributed by atoms with Crippen molar-refractivity contribution in [2.45, 2.75) is 51.5 Å². The molecule has 3 heterocycles. The Kier molecular flexibility index (Phi) is 3.00. The molecule has 1 N–H and O–H groups in total. The van der Waals surface area contributed by atoms with Crippen LogP contribution in [0.3, 0.4) is 0 Å². The zero-order chi connectivity index (χ0) is 16.0. The number of nitrogens with one attached hydrogen (secondary N) is 1. The van der Waals surface area contributed by atoms with Gasteiger partial charge in [0.2, 0.25) is 17.5 Å². The summed E-state index contributed by atoms with van der Waals surface area (Å²) >= 11 is 0. The quantitative estimate of drug-likeness (QED) is 0.758. The second kappa shape index (κ2) is 4.93. The molecule has 0 aliphatic heterocycles. The van der Waals surface area contributed by atoms with Gasteiger partial charge in [-0.25, -0.2) is 4.98 Å². The molecule has 1 fully saturated rings. The number of rotatable bonds is 4. The summed E-state index contributed by atoms with van der Waals surface area (Å²) in [6.45, 7) is 6.01. The highest BCUT2D eigenvalue weighted by molar-refractivity contribution is 5.41. The lowest BCUT2D eigenvalue weighted by Gasteiger charge is -2.15. The van der Waals surface area contributed by atoms with E-state index in [4.69, 9.17) is 4.52 Å². The van der Waals surface area contributed by atoms with Crippen molar-refractivity contribution in [2.24, 2.45) is 0 Å². The molecular weight excluding hydrogens is 298 g/mol. The molecule has 4 rings (SSSR count). The van der Waals surface area contributed by atoms with Crippen molar-refractivity contribution < 1.29 is 4.52 Å². The first kappa shape index (κ1) is 14.0. The normalized spacial score (nSPS) is 15.3. The van der Waals surface area contributed by atoms with Gasteiger partial charge in [-0.3, -0.25) is 5.10 Å². The number of hydrogen-bond acceptors (Lipinski definition) is 8. The lowest BCUT2D eigenvalue weighted by Crippen LogP contribution is -2.24. The highest BCUT2D eigenvalue weighted by Crippen LogP contribution is 2.38. The molecule has 1 aliphatic carbocycles. The molecule has 1 aliphatic rings. The van der Waals surface area contributed by atoms with E-state index in [1.54, 1.807) is 4.80 Å². The summed E-state index contributed by atoms with van der Waals surface area (Å²) in [5.74, 6) is 3.15. The van der Waals surface area contributed by atoms with Crippen LogP contribution in [0.1, 0.15) is 57.1 Å². The van der Waals surface area contributed by atoms with Gasteiger partial charge < -0.3 is 4.52 Å². The van der Waals surface area contributed by atoms with Crippen LogP contribution in [0, 0.1) is 0 Å². The molecule has 0 amide bonds. The minimum Gasteiger partial charge on any atom is -0.338 e. The molecule has 0 saturated heterocycles.